The highest BCUT2D eigenvalue weighted by atomic mass is 15.3. The van der Waals surface area contributed by atoms with Crippen LogP contribution in [0.1, 0.15) is 421 Å². The monoisotopic (exact) mass is 1740 g/mol. The van der Waals surface area contributed by atoms with E-state index in [-0.39, 0.29) is 43.8 Å². The van der Waals surface area contributed by atoms with Gasteiger partial charge in [-0.3, -0.25) is 4.68 Å². The van der Waals surface area contributed by atoms with E-state index in [9.17, 15) is 0 Å². The van der Waals surface area contributed by atoms with E-state index in [1.165, 1.54) is 82.6 Å². The van der Waals surface area contributed by atoms with E-state index < -0.39 is 0 Å². The fourth-order valence-corrected chi connectivity index (χ4v) is 14.8. The Morgan fingerprint density at radius 3 is 0.906 bits per heavy atom. The number of benzene rings is 4. The summed E-state index contributed by atoms with van der Waals surface area (Å²) in [5.41, 5.74) is 22.0. The SMILES string of the molecule is CC.CC.CC.CC.CC.CC.CC.CC(C)(C)c1cccc2c1ncn2C(C)(C)C.CC(C)(C)c1cccc2c1ncn2C(C)(C)C.CC(C)(C)c1ccnc2c1ccn2C(C)(C)C.CC(C)(C)c1ccnc2c1ccn2C(C)(C)C.CC(C)c1cccc2c1cnn2C(C)C.CC(C)c1cccc2c1ncn2C(C)C.CC(C)c1ccnc2c1ccn2C(C)C. The van der Waals surface area contributed by atoms with Gasteiger partial charge in [-0.25, -0.2) is 29.9 Å². The van der Waals surface area contributed by atoms with Gasteiger partial charge in [-0.15, -0.1) is 0 Å². The van der Waals surface area contributed by atoms with Crippen LogP contribution in [-0.4, -0.2) is 67.1 Å². The molecule has 14 heteroatoms. The summed E-state index contributed by atoms with van der Waals surface area (Å²) in [6.07, 6.45) is 20.0. The minimum Gasteiger partial charge on any atom is -0.330 e. The molecule has 0 N–H and O–H groups in total. The summed E-state index contributed by atoms with van der Waals surface area (Å²) in [6.45, 7) is 108. The zero-order chi connectivity index (χ0) is 98.4. The van der Waals surface area contributed by atoms with E-state index in [2.05, 4.69) is 444 Å². The van der Waals surface area contributed by atoms with Crippen molar-refractivity contribution in [3.63, 3.8) is 0 Å². The molecule has 0 aliphatic heterocycles. The van der Waals surface area contributed by atoms with Crippen molar-refractivity contribution >= 4 is 77.1 Å². The van der Waals surface area contributed by atoms with Gasteiger partial charge in [-0.1, -0.05) is 270 Å². The molecule has 127 heavy (non-hydrogen) atoms. The van der Waals surface area contributed by atoms with Gasteiger partial charge in [-0.2, -0.15) is 5.10 Å². The molecule has 0 aliphatic rings. The molecule has 0 radical (unpaired) electrons. The third kappa shape index (κ3) is 30.7. The first-order valence-corrected chi connectivity index (χ1v) is 48.4. The predicted octanol–water partition coefficient (Wildman–Crippen LogP) is 34.8. The smallest absolute Gasteiger partial charge is 0.140 e. The van der Waals surface area contributed by atoms with Crippen LogP contribution in [0.25, 0.3) is 77.1 Å². The van der Waals surface area contributed by atoms with Crippen molar-refractivity contribution < 1.29 is 0 Å². The number of hydrogen-bond acceptors (Lipinski definition) is 7. The minimum absolute atomic E-state index is 0.0747. The lowest BCUT2D eigenvalue weighted by molar-refractivity contribution is 0.408. The Morgan fingerprint density at radius 2 is 0.559 bits per heavy atom. The molecule has 14 aromatic rings. The van der Waals surface area contributed by atoms with Crippen LogP contribution < -0.4 is 0 Å². The van der Waals surface area contributed by atoms with E-state index in [1.807, 2.05) is 141 Å². The van der Waals surface area contributed by atoms with Crippen molar-refractivity contribution in [2.24, 2.45) is 0 Å². The molecule has 4 aromatic carbocycles. The number of nitrogens with zero attached hydrogens (tertiary/aromatic N) is 14. The van der Waals surface area contributed by atoms with Crippen LogP contribution in [0.3, 0.4) is 0 Å². The van der Waals surface area contributed by atoms with Crippen LogP contribution in [0.4, 0.5) is 0 Å². The number of aromatic nitrogens is 14. The normalized spacial score (nSPS) is 11.7. The van der Waals surface area contributed by atoms with Crippen molar-refractivity contribution in [1.29, 1.82) is 0 Å². The number of para-hydroxylation sites is 3. The van der Waals surface area contributed by atoms with Crippen molar-refractivity contribution in [1.82, 2.24) is 67.1 Å². The molecule has 10 aromatic heterocycles. The van der Waals surface area contributed by atoms with Gasteiger partial charge in [0.15, 0.2) is 0 Å². The Kier molecular flexibility index (Phi) is 46.2. The summed E-state index contributed by atoms with van der Waals surface area (Å²) in [7, 11) is 0. The second kappa shape index (κ2) is 50.7. The number of imidazole rings is 3. The molecule has 0 saturated carbocycles. The summed E-state index contributed by atoms with van der Waals surface area (Å²) < 4.78 is 15.5. The van der Waals surface area contributed by atoms with Gasteiger partial charge >= 0.3 is 0 Å². The van der Waals surface area contributed by atoms with Crippen LogP contribution in [-0.2, 0) is 43.8 Å². The van der Waals surface area contributed by atoms with Crippen molar-refractivity contribution in [3.05, 3.63) is 210 Å². The second-order valence-corrected chi connectivity index (χ2v) is 40.7. The van der Waals surface area contributed by atoms with Crippen LogP contribution in [0, 0.1) is 0 Å². The third-order valence-corrected chi connectivity index (χ3v) is 20.9. The topological polar surface area (TPSA) is 125 Å². The van der Waals surface area contributed by atoms with E-state index in [1.54, 1.807) is 0 Å². The van der Waals surface area contributed by atoms with Gasteiger partial charge in [0.2, 0.25) is 0 Å². The maximum absolute atomic E-state index is 4.61. The summed E-state index contributed by atoms with van der Waals surface area (Å²) >= 11 is 0. The molecule has 0 saturated heterocycles. The summed E-state index contributed by atoms with van der Waals surface area (Å²) in [5.74, 6) is 1.64. The van der Waals surface area contributed by atoms with Crippen molar-refractivity contribution in [2.75, 3.05) is 0 Å². The first kappa shape index (κ1) is 116. The Morgan fingerprint density at radius 1 is 0.244 bits per heavy atom. The largest absolute Gasteiger partial charge is 0.330 e. The Bertz CT molecular complexity index is 4830. The quantitative estimate of drug-likeness (QED) is 0.162. The fraction of sp³-hybridized carbons (Fsp3) is 0.566. The molecule has 0 unspecified atom stereocenters. The van der Waals surface area contributed by atoms with Crippen molar-refractivity contribution in [3.8, 4) is 0 Å². The van der Waals surface area contributed by atoms with E-state index in [0.717, 1.165) is 33.5 Å². The van der Waals surface area contributed by atoms with Crippen LogP contribution in [0.15, 0.2) is 172 Å². The standard InChI is InChI=1S/4C15H22N2.3C13H18N2.7C2H6/c2*1-14(2,3)12-7-9-16-13-11(12)8-10-17(13)15(4,5)6;2*1-14(2,3)11-8-7-9-12-13(11)16-10-17(12)15(4,5)6;1-9(2)11-5-7-14-13-12(11)6-8-15(13)10(3)4;1-9(2)11-6-5-7-13-12(11)8-14-15(13)10(3)4;1-9(2)11-6-5-7-12-13(11)14-8-15(12)10(3)4;7*1-2/h4*7-10H,1-6H3;3*5-10H,1-4H3;7*1-2H3. The molecule has 0 aliphatic carbocycles. The number of fused-ring (bicyclic) bond motifs is 7. The molecule has 0 spiro atoms. The van der Waals surface area contributed by atoms with Gasteiger partial charge in [0.1, 0.15) is 16.9 Å². The molecule has 0 fully saturated rings. The van der Waals surface area contributed by atoms with Crippen LogP contribution >= 0.6 is 0 Å². The van der Waals surface area contributed by atoms with Crippen LogP contribution in [0.2, 0.25) is 0 Å². The Labute approximate surface area is 775 Å². The lowest BCUT2D eigenvalue weighted by Crippen LogP contribution is -2.21. The summed E-state index contributed by atoms with van der Waals surface area (Å²) in [4.78, 5) is 27.3. The van der Waals surface area contributed by atoms with Gasteiger partial charge in [0.25, 0.3) is 0 Å². The first-order chi connectivity index (χ1) is 59.2. The number of rotatable bonds is 6. The van der Waals surface area contributed by atoms with Crippen molar-refractivity contribution in [2.45, 2.75) is 426 Å². The third-order valence-electron chi connectivity index (χ3n) is 20.9. The van der Waals surface area contributed by atoms with Crippen LogP contribution in [0.5, 0.6) is 0 Å². The van der Waals surface area contributed by atoms with Gasteiger partial charge in [0, 0.05) is 99.0 Å². The maximum Gasteiger partial charge on any atom is 0.140 e. The summed E-state index contributed by atoms with van der Waals surface area (Å²) in [6, 6.07) is 40.2. The average molecular weight is 1740 g/mol. The Balaban J connectivity index is 0.000000723. The second-order valence-electron chi connectivity index (χ2n) is 40.7. The summed E-state index contributed by atoms with van der Waals surface area (Å²) in [5, 5.41) is 9.59. The van der Waals surface area contributed by atoms with E-state index in [4.69, 9.17) is 0 Å². The molecular formula is C113H184N14. The van der Waals surface area contributed by atoms with Gasteiger partial charge in [-0.05, 0) is 264 Å². The molecule has 0 bridgehead atoms. The molecule has 0 atom stereocenters. The predicted molar refractivity (Wildman–Crippen MR) is 566 cm³/mol. The highest BCUT2D eigenvalue weighted by Gasteiger charge is 2.27. The van der Waals surface area contributed by atoms with E-state index >= 15 is 0 Å². The molecular weight excluding hydrogens is 1550 g/mol. The van der Waals surface area contributed by atoms with Gasteiger partial charge < -0.3 is 27.4 Å². The maximum atomic E-state index is 4.61. The van der Waals surface area contributed by atoms with Gasteiger partial charge in [0.05, 0.1) is 63.8 Å². The zero-order valence-electron chi connectivity index (χ0n) is 90.4. The molecule has 706 valence electrons. The lowest BCUT2D eigenvalue weighted by atomic mass is 9.86. The fourth-order valence-electron chi connectivity index (χ4n) is 14.8. The molecule has 0 amide bonds. The Hall–Kier alpha value is -9.17. The zero-order valence-corrected chi connectivity index (χ0v) is 90.4. The highest BCUT2D eigenvalue weighted by Crippen LogP contribution is 2.38. The lowest BCUT2D eigenvalue weighted by Gasteiger charge is -2.23. The highest BCUT2D eigenvalue weighted by molar-refractivity contribution is 5.86. The first-order valence-electron chi connectivity index (χ1n) is 48.4. The minimum atomic E-state index is 0.0747. The molecule has 10 heterocycles. The number of pyridine rings is 3. The molecule has 14 nitrogen and oxygen atoms in total. The average Bonchev–Trinajstić information content (AvgIpc) is 1.66. The molecule has 14 rings (SSSR count). The number of hydrogen-bond donors (Lipinski definition) is 0. The van der Waals surface area contributed by atoms with E-state index in [0.29, 0.717) is 35.9 Å².